The van der Waals surface area contributed by atoms with E-state index >= 15 is 0 Å². The summed E-state index contributed by atoms with van der Waals surface area (Å²) in [6, 6.07) is 24.8. The van der Waals surface area contributed by atoms with Crippen LogP contribution in [0.2, 0.25) is 0 Å². The molecule has 0 radical (unpaired) electrons. The van der Waals surface area contributed by atoms with Gasteiger partial charge in [0, 0.05) is 12.5 Å². The lowest BCUT2D eigenvalue weighted by Gasteiger charge is -2.19. The number of rotatable bonds is 10. The monoisotopic (exact) mass is 459 g/mol. The number of fused-ring (bicyclic) bond motifs is 3. The molecule has 0 unspecified atom stereocenters. The minimum Gasteiger partial charge on any atom is -0.459 e. The number of aliphatic hydroxyl groups is 1. The van der Waals surface area contributed by atoms with Crippen molar-refractivity contribution < 1.29 is 24.2 Å². The lowest BCUT2D eigenvalue weighted by molar-refractivity contribution is -0.147. The van der Waals surface area contributed by atoms with Gasteiger partial charge in [-0.2, -0.15) is 0 Å². The number of unbranched alkanes of at least 4 members (excludes halogenated alkanes) is 1. The summed E-state index contributed by atoms with van der Waals surface area (Å²) in [5.74, 6) is -0.577. The topological polar surface area (TPSA) is 84.9 Å². The highest BCUT2D eigenvalue weighted by Gasteiger charge is 2.30. The van der Waals surface area contributed by atoms with Gasteiger partial charge in [0.2, 0.25) is 0 Å². The second-order valence-corrected chi connectivity index (χ2v) is 8.34. The summed E-state index contributed by atoms with van der Waals surface area (Å²) in [6.07, 6.45) is 0.811. The van der Waals surface area contributed by atoms with Crippen molar-refractivity contribution in [1.82, 2.24) is 5.32 Å². The minimum atomic E-state index is -0.842. The average molecular weight is 460 g/mol. The summed E-state index contributed by atoms with van der Waals surface area (Å²) in [5.41, 5.74) is 5.42. The van der Waals surface area contributed by atoms with Crippen LogP contribution >= 0.6 is 0 Å². The number of amides is 1. The van der Waals surface area contributed by atoms with Crippen molar-refractivity contribution in [1.29, 1.82) is 0 Å². The Kier molecular flexibility index (Phi) is 7.94. The molecule has 2 N–H and O–H groups in total. The van der Waals surface area contributed by atoms with Gasteiger partial charge in [0.05, 0.1) is 0 Å². The molecule has 34 heavy (non-hydrogen) atoms. The predicted octanol–water partition coefficient (Wildman–Crippen LogP) is 4.80. The SMILES string of the molecule is O=C(N[C@H](CCCCO)C(=O)OCc1ccccc1)OCC1c2ccccc2-c2ccccc21. The highest BCUT2D eigenvalue weighted by atomic mass is 16.6. The van der Waals surface area contributed by atoms with E-state index < -0.39 is 18.1 Å². The largest absolute Gasteiger partial charge is 0.459 e. The van der Waals surface area contributed by atoms with Crippen molar-refractivity contribution in [3.05, 3.63) is 95.6 Å². The maximum atomic E-state index is 12.7. The lowest BCUT2D eigenvalue weighted by atomic mass is 9.98. The highest BCUT2D eigenvalue weighted by molar-refractivity contribution is 5.82. The van der Waals surface area contributed by atoms with E-state index in [1.54, 1.807) is 0 Å². The summed E-state index contributed by atoms with van der Waals surface area (Å²) in [5, 5.41) is 11.8. The van der Waals surface area contributed by atoms with E-state index in [1.807, 2.05) is 54.6 Å². The summed E-state index contributed by atoms with van der Waals surface area (Å²) in [6.45, 7) is 0.321. The van der Waals surface area contributed by atoms with Crippen molar-refractivity contribution in [2.45, 2.75) is 37.8 Å². The Morgan fingerprint density at radius 1 is 0.824 bits per heavy atom. The summed E-state index contributed by atoms with van der Waals surface area (Å²) in [4.78, 5) is 25.3. The van der Waals surface area contributed by atoms with Crippen LogP contribution in [0.4, 0.5) is 4.79 Å². The molecule has 0 heterocycles. The fourth-order valence-electron chi connectivity index (χ4n) is 4.32. The van der Waals surface area contributed by atoms with Crippen LogP contribution in [0.1, 0.15) is 41.9 Å². The molecule has 0 fully saturated rings. The quantitative estimate of drug-likeness (QED) is 0.336. The smallest absolute Gasteiger partial charge is 0.407 e. The summed E-state index contributed by atoms with van der Waals surface area (Å²) >= 11 is 0. The molecule has 176 valence electrons. The molecule has 1 aliphatic rings. The van der Waals surface area contributed by atoms with E-state index in [1.165, 1.54) is 0 Å². The van der Waals surface area contributed by atoms with Crippen LogP contribution in [0.15, 0.2) is 78.9 Å². The molecule has 0 bridgehead atoms. The van der Waals surface area contributed by atoms with E-state index in [4.69, 9.17) is 14.6 Å². The van der Waals surface area contributed by atoms with Gasteiger partial charge in [-0.05, 0) is 47.1 Å². The number of carbonyl (C=O) groups excluding carboxylic acids is 2. The molecule has 1 aliphatic carbocycles. The van der Waals surface area contributed by atoms with Crippen LogP contribution in [0.25, 0.3) is 11.1 Å². The van der Waals surface area contributed by atoms with Gasteiger partial charge in [-0.25, -0.2) is 9.59 Å². The van der Waals surface area contributed by atoms with Crippen molar-refractivity contribution in [3.63, 3.8) is 0 Å². The number of carbonyl (C=O) groups is 2. The molecule has 0 aliphatic heterocycles. The predicted molar refractivity (Wildman–Crippen MR) is 129 cm³/mol. The average Bonchev–Trinajstić information content (AvgIpc) is 3.20. The molecule has 3 aromatic carbocycles. The first-order valence-electron chi connectivity index (χ1n) is 11.6. The van der Waals surface area contributed by atoms with E-state index in [0.717, 1.165) is 27.8 Å². The Bertz CT molecular complexity index is 1070. The third-order valence-electron chi connectivity index (χ3n) is 6.05. The van der Waals surface area contributed by atoms with E-state index in [0.29, 0.717) is 19.3 Å². The lowest BCUT2D eigenvalue weighted by Crippen LogP contribution is -2.42. The molecule has 0 saturated heterocycles. The van der Waals surface area contributed by atoms with Gasteiger partial charge in [0.15, 0.2) is 0 Å². The molecule has 4 rings (SSSR count). The standard InChI is InChI=1S/C28H29NO5/c30-17-9-8-16-26(27(31)33-18-20-10-2-1-3-11-20)29-28(32)34-19-25-23-14-6-4-12-21(23)22-13-5-7-15-24(22)25/h1-7,10-15,25-26,30H,8-9,16-19H2,(H,29,32)/t26-/m1/s1. The van der Waals surface area contributed by atoms with Crippen molar-refractivity contribution in [2.24, 2.45) is 0 Å². The first kappa shape index (κ1) is 23.5. The number of esters is 1. The minimum absolute atomic E-state index is 0.0245. The van der Waals surface area contributed by atoms with E-state index in [9.17, 15) is 9.59 Å². The second kappa shape index (κ2) is 11.5. The maximum absolute atomic E-state index is 12.7. The fourth-order valence-corrected chi connectivity index (χ4v) is 4.32. The number of benzene rings is 3. The third-order valence-corrected chi connectivity index (χ3v) is 6.05. The van der Waals surface area contributed by atoms with Crippen molar-refractivity contribution >= 4 is 12.1 Å². The van der Waals surface area contributed by atoms with Crippen LogP contribution in [0.3, 0.4) is 0 Å². The number of hydrogen-bond donors (Lipinski definition) is 2. The molecule has 0 spiro atoms. The molecule has 1 atom stereocenters. The third kappa shape index (κ3) is 5.64. The van der Waals surface area contributed by atoms with Gasteiger partial charge in [-0.1, -0.05) is 78.9 Å². The second-order valence-electron chi connectivity index (χ2n) is 8.34. The number of nitrogens with one attached hydrogen (secondary N) is 1. The van der Waals surface area contributed by atoms with Crippen LogP contribution in [-0.2, 0) is 20.9 Å². The number of hydrogen-bond acceptors (Lipinski definition) is 5. The van der Waals surface area contributed by atoms with Gasteiger partial charge in [0.25, 0.3) is 0 Å². The summed E-state index contributed by atoms with van der Waals surface area (Å²) in [7, 11) is 0. The van der Waals surface area contributed by atoms with Crippen LogP contribution < -0.4 is 5.32 Å². The molecular weight excluding hydrogens is 430 g/mol. The van der Waals surface area contributed by atoms with Crippen molar-refractivity contribution in [2.75, 3.05) is 13.2 Å². The van der Waals surface area contributed by atoms with Gasteiger partial charge >= 0.3 is 12.1 Å². The van der Waals surface area contributed by atoms with Gasteiger partial charge < -0.3 is 19.9 Å². The Labute approximate surface area is 199 Å². The Morgan fingerprint density at radius 3 is 2.09 bits per heavy atom. The number of ether oxygens (including phenoxy) is 2. The number of aliphatic hydroxyl groups excluding tert-OH is 1. The Morgan fingerprint density at radius 2 is 1.44 bits per heavy atom. The molecular formula is C28H29NO5. The highest BCUT2D eigenvalue weighted by Crippen LogP contribution is 2.44. The van der Waals surface area contributed by atoms with E-state index in [-0.39, 0.29) is 25.7 Å². The summed E-state index contributed by atoms with van der Waals surface area (Å²) < 4.78 is 11.0. The zero-order chi connectivity index (χ0) is 23.8. The zero-order valence-corrected chi connectivity index (χ0v) is 19.0. The van der Waals surface area contributed by atoms with Crippen LogP contribution in [0, 0.1) is 0 Å². The Hall–Kier alpha value is -3.64. The van der Waals surface area contributed by atoms with Crippen LogP contribution in [0.5, 0.6) is 0 Å². The molecule has 3 aromatic rings. The van der Waals surface area contributed by atoms with E-state index in [2.05, 4.69) is 29.6 Å². The van der Waals surface area contributed by atoms with Gasteiger partial charge in [-0.3, -0.25) is 0 Å². The molecule has 0 saturated carbocycles. The first-order valence-corrected chi connectivity index (χ1v) is 11.6. The molecule has 1 amide bonds. The van der Waals surface area contributed by atoms with Gasteiger partial charge in [0.1, 0.15) is 19.3 Å². The molecule has 6 heteroatoms. The number of alkyl carbamates (subject to hydrolysis) is 1. The normalized spacial score (nSPS) is 13.0. The maximum Gasteiger partial charge on any atom is 0.407 e. The fraction of sp³-hybridized carbons (Fsp3) is 0.286. The van der Waals surface area contributed by atoms with Crippen molar-refractivity contribution in [3.8, 4) is 11.1 Å². The molecule has 6 nitrogen and oxygen atoms in total. The Balaban J connectivity index is 1.37. The molecule has 0 aromatic heterocycles. The van der Waals surface area contributed by atoms with Gasteiger partial charge in [-0.15, -0.1) is 0 Å². The first-order chi connectivity index (χ1) is 16.7. The van der Waals surface area contributed by atoms with Crippen LogP contribution in [-0.4, -0.2) is 36.4 Å². The zero-order valence-electron chi connectivity index (χ0n) is 19.0.